The van der Waals surface area contributed by atoms with Crippen molar-refractivity contribution in [2.24, 2.45) is 0 Å². The van der Waals surface area contributed by atoms with E-state index in [1.807, 2.05) is 30.3 Å². The van der Waals surface area contributed by atoms with Gasteiger partial charge in [0.25, 0.3) is 0 Å². The van der Waals surface area contributed by atoms with Gasteiger partial charge in [-0.25, -0.2) is 14.6 Å². The predicted molar refractivity (Wildman–Crippen MR) is 127 cm³/mol. The lowest BCUT2D eigenvalue weighted by Crippen LogP contribution is -2.08. The molecule has 2 aromatic carbocycles. The standard InChI is InChI=1S/C26H24F3N5O/c1-16-13-23(26(27,28)29)33-34(16)19-11-7-17(8-12-19)14-30-25-22(35-2)15-31-24(32-25)21-6-4-3-5-20(21)18-9-10-18/h3-8,11-13,15,18H,9-10,14H2,1-2H3,(H,30,31,32). The molecule has 4 aromatic rings. The summed E-state index contributed by atoms with van der Waals surface area (Å²) in [6, 6.07) is 16.4. The van der Waals surface area contributed by atoms with Crippen LogP contribution in [0.25, 0.3) is 17.1 Å². The lowest BCUT2D eigenvalue weighted by Gasteiger charge is -2.13. The SMILES string of the molecule is COc1cnc(-c2ccccc2C2CC2)nc1NCc1ccc(-n2nc(C(F)(F)F)cc2C)cc1. The molecule has 1 saturated carbocycles. The first kappa shape index (κ1) is 22.9. The topological polar surface area (TPSA) is 64.9 Å². The van der Waals surface area contributed by atoms with E-state index in [0.29, 0.717) is 41.2 Å². The molecule has 0 radical (unpaired) electrons. The summed E-state index contributed by atoms with van der Waals surface area (Å²) in [5.74, 6) is 2.31. The van der Waals surface area contributed by atoms with E-state index in [2.05, 4.69) is 21.5 Å². The molecule has 0 atom stereocenters. The molecule has 0 bridgehead atoms. The molecule has 0 spiro atoms. The number of alkyl halides is 3. The Labute approximate surface area is 200 Å². The van der Waals surface area contributed by atoms with Gasteiger partial charge in [-0.15, -0.1) is 0 Å². The van der Waals surface area contributed by atoms with Crippen LogP contribution in [0.1, 0.15) is 41.3 Å². The number of benzene rings is 2. The number of anilines is 1. The maximum Gasteiger partial charge on any atom is 0.435 e. The number of hydrogen-bond acceptors (Lipinski definition) is 5. The zero-order valence-electron chi connectivity index (χ0n) is 19.3. The Bertz CT molecular complexity index is 1340. The Morgan fingerprint density at radius 1 is 1.09 bits per heavy atom. The van der Waals surface area contributed by atoms with Crippen LogP contribution >= 0.6 is 0 Å². The third kappa shape index (κ3) is 4.84. The van der Waals surface area contributed by atoms with E-state index in [1.165, 1.54) is 23.1 Å². The van der Waals surface area contributed by atoms with Crippen molar-refractivity contribution < 1.29 is 17.9 Å². The first-order valence-corrected chi connectivity index (χ1v) is 11.3. The van der Waals surface area contributed by atoms with Gasteiger partial charge in [-0.05, 0) is 55.0 Å². The van der Waals surface area contributed by atoms with Crippen molar-refractivity contribution >= 4 is 5.82 Å². The molecule has 1 fully saturated rings. The molecule has 0 amide bonds. The summed E-state index contributed by atoms with van der Waals surface area (Å²) in [5, 5.41) is 7.00. The molecular formula is C26H24F3N5O. The van der Waals surface area contributed by atoms with Gasteiger partial charge >= 0.3 is 6.18 Å². The molecule has 9 heteroatoms. The summed E-state index contributed by atoms with van der Waals surface area (Å²) in [5.41, 5.74) is 3.28. The van der Waals surface area contributed by atoms with Gasteiger partial charge in [-0.3, -0.25) is 0 Å². The van der Waals surface area contributed by atoms with E-state index in [1.54, 1.807) is 32.4 Å². The summed E-state index contributed by atoms with van der Waals surface area (Å²) >= 11 is 0. The molecule has 6 nitrogen and oxygen atoms in total. The Hall–Kier alpha value is -3.88. The van der Waals surface area contributed by atoms with Crippen LogP contribution < -0.4 is 10.1 Å². The number of halogens is 3. The summed E-state index contributed by atoms with van der Waals surface area (Å²) in [7, 11) is 1.57. The highest BCUT2D eigenvalue weighted by atomic mass is 19.4. The van der Waals surface area contributed by atoms with Gasteiger partial charge in [0.1, 0.15) is 0 Å². The van der Waals surface area contributed by atoms with Crippen LogP contribution in [-0.4, -0.2) is 26.9 Å². The first-order valence-electron chi connectivity index (χ1n) is 11.3. The van der Waals surface area contributed by atoms with Crippen molar-refractivity contribution in [3.8, 4) is 22.8 Å². The molecule has 1 N–H and O–H groups in total. The number of aryl methyl sites for hydroxylation is 1. The van der Waals surface area contributed by atoms with Crippen molar-refractivity contribution in [2.75, 3.05) is 12.4 Å². The summed E-state index contributed by atoms with van der Waals surface area (Å²) in [6.45, 7) is 2.04. The van der Waals surface area contributed by atoms with Crippen molar-refractivity contribution in [1.82, 2.24) is 19.7 Å². The van der Waals surface area contributed by atoms with Gasteiger partial charge in [0.05, 0.1) is 19.0 Å². The minimum atomic E-state index is -4.48. The number of ether oxygens (including phenoxy) is 1. The van der Waals surface area contributed by atoms with Gasteiger partial charge in [-0.2, -0.15) is 18.3 Å². The van der Waals surface area contributed by atoms with Gasteiger partial charge in [0.15, 0.2) is 23.1 Å². The first-order chi connectivity index (χ1) is 16.8. The summed E-state index contributed by atoms with van der Waals surface area (Å²) < 4.78 is 45.7. The normalized spacial score (nSPS) is 13.6. The smallest absolute Gasteiger partial charge is 0.435 e. The second-order valence-electron chi connectivity index (χ2n) is 8.57. The van der Waals surface area contributed by atoms with Crippen molar-refractivity contribution in [1.29, 1.82) is 0 Å². The van der Waals surface area contributed by atoms with Crippen molar-refractivity contribution in [3.05, 3.63) is 83.3 Å². The Kier molecular flexibility index (Phi) is 5.92. The fourth-order valence-electron chi connectivity index (χ4n) is 4.04. The highest BCUT2D eigenvalue weighted by Gasteiger charge is 2.34. The van der Waals surface area contributed by atoms with Gasteiger partial charge < -0.3 is 10.1 Å². The van der Waals surface area contributed by atoms with Gasteiger partial charge in [-0.1, -0.05) is 36.4 Å². The van der Waals surface area contributed by atoms with Crippen molar-refractivity contribution in [2.45, 2.75) is 38.4 Å². The molecule has 35 heavy (non-hydrogen) atoms. The molecule has 0 unspecified atom stereocenters. The number of nitrogens with zero attached hydrogens (tertiary/aromatic N) is 4. The fourth-order valence-corrected chi connectivity index (χ4v) is 4.04. The van der Waals surface area contributed by atoms with E-state index in [-0.39, 0.29) is 0 Å². The lowest BCUT2D eigenvalue weighted by atomic mass is 10.0. The third-order valence-corrected chi connectivity index (χ3v) is 6.01. The van der Waals surface area contributed by atoms with Crippen LogP contribution in [0.5, 0.6) is 5.75 Å². The zero-order valence-corrected chi connectivity index (χ0v) is 19.3. The third-order valence-electron chi connectivity index (χ3n) is 6.01. The molecule has 2 heterocycles. The maximum absolute atomic E-state index is 13.0. The zero-order chi connectivity index (χ0) is 24.6. The predicted octanol–water partition coefficient (Wildman–Crippen LogP) is 6.15. The van der Waals surface area contributed by atoms with E-state index >= 15 is 0 Å². The molecule has 2 aromatic heterocycles. The second kappa shape index (κ2) is 9.05. The molecule has 1 aliphatic rings. The number of aromatic nitrogens is 4. The fraction of sp³-hybridized carbons (Fsp3) is 0.269. The molecular weight excluding hydrogens is 455 g/mol. The average Bonchev–Trinajstić information content (AvgIpc) is 3.63. The number of rotatable bonds is 7. The Morgan fingerprint density at radius 3 is 2.49 bits per heavy atom. The van der Waals surface area contributed by atoms with E-state index in [9.17, 15) is 13.2 Å². The summed E-state index contributed by atoms with van der Waals surface area (Å²) in [6.07, 6.45) is -0.446. The van der Waals surface area contributed by atoms with E-state index < -0.39 is 11.9 Å². The molecule has 1 aliphatic carbocycles. The quantitative estimate of drug-likeness (QED) is 0.344. The minimum absolute atomic E-state index is 0.410. The summed E-state index contributed by atoms with van der Waals surface area (Å²) in [4.78, 5) is 9.25. The van der Waals surface area contributed by atoms with E-state index in [0.717, 1.165) is 17.2 Å². The Morgan fingerprint density at radius 2 is 1.83 bits per heavy atom. The van der Waals surface area contributed by atoms with Crippen LogP contribution in [0.3, 0.4) is 0 Å². The van der Waals surface area contributed by atoms with Crippen LogP contribution in [0.2, 0.25) is 0 Å². The van der Waals surface area contributed by atoms with Crippen LogP contribution in [0.4, 0.5) is 19.0 Å². The number of nitrogens with one attached hydrogen (secondary N) is 1. The molecule has 0 aliphatic heterocycles. The average molecular weight is 480 g/mol. The lowest BCUT2D eigenvalue weighted by molar-refractivity contribution is -0.141. The highest BCUT2D eigenvalue weighted by Crippen LogP contribution is 2.44. The molecule has 5 rings (SSSR count). The van der Waals surface area contributed by atoms with Crippen molar-refractivity contribution in [3.63, 3.8) is 0 Å². The van der Waals surface area contributed by atoms with Crippen LogP contribution in [0, 0.1) is 6.92 Å². The van der Waals surface area contributed by atoms with Crippen LogP contribution in [-0.2, 0) is 12.7 Å². The number of hydrogen-bond donors (Lipinski definition) is 1. The largest absolute Gasteiger partial charge is 0.491 e. The van der Waals surface area contributed by atoms with Crippen LogP contribution in [0.15, 0.2) is 60.8 Å². The van der Waals surface area contributed by atoms with Gasteiger partial charge in [0.2, 0.25) is 0 Å². The molecule has 180 valence electrons. The molecule has 0 saturated heterocycles. The Balaban J connectivity index is 1.34. The van der Waals surface area contributed by atoms with E-state index in [4.69, 9.17) is 9.72 Å². The minimum Gasteiger partial charge on any atom is -0.491 e. The second-order valence-corrected chi connectivity index (χ2v) is 8.57. The number of methoxy groups -OCH3 is 1. The monoisotopic (exact) mass is 479 g/mol. The van der Waals surface area contributed by atoms with Gasteiger partial charge in [0, 0.05) is 17.8 Å². The highest BCUT2D eigenvalue weighted by molar-refractivity contribution is 5.65. The maximum atomic E-state index is 13.0.